The molecule has 2 fully saturated rings. The summed E-state index contributed by atoms with van der Waals surface area (Å²) < 4.78 is 0. The number of imidazole rings is 1. The van der Waals surface area contributed by atoms with Gasteiger partial charge >= 0.3 is 0 Å². The summed E-state index contributed by atoms with van der Waals surface area (Å²) in [6.07, 6.45) is 5.11. The van der Waals surface area contributed by atoms with Crippen molar-refractivity contribution in [3.8, 4) is 0 Å². The summed E-state index contributed by atoms with van der Waals surface area (Å²) >= 11 is 0. The number of hydrogen-bond donors (Lipinski definition) is 1. The van der Waals surface area contributed by atoms with Crippen molar-refractivity contribution < 1.29 is 4.79 Å². The summed E-state index contributed by atoms with van der Waals surface area (Å²) in [6.45, 7) is 4.92. The molecular formula is C21H25N7O. The Morgan fingerprint density at radius 3 is 2.62 bits per heavy atom. The molecule has 0 saturated carbocycles. The molecule has 29 heavy (non-hydrogen) atoms. The number of piperidine rings is 1. The minimum atomic E-state index is 0.0139. The van der Waals surface area contributed by atoms with E-state index in [-0.39, 0.29) is 11.8 Å². The van der Waals surface area contributed by atoms with Crippen LogP contribution in [0.1, 0.15) is 12.8 Å². The molecule has 8 heteroatoms. The quantitative estimate of drug-likeness (QED) is 0.735. The van der Waals surface area contributed by atoms with Crippen LogP contribution in [0.15, 0.2) is 43.0 Å². The molecule has 2 aromatic heterocycles. The first-order valence-electron chi connectivity index (χ1n) is 10.3. The lowest BCUT2D eigenvalue weighted by atomic mass is 9.96. The topological polar surface area (TPSA) is 81.2 Å². The van der Waals surface area contributed by atoms with Crippen LogP contribution in [0.5, 0.6) is 0 Å². The second kappa shape index (κ2) is 7.69. The number of benzene rings is 1. The molecule has 5 rings (SSSR count). The number of amides is 1. The molecule has 150 valence electrons. The molecule has 1 amide bonds. The van der Waals surface area contributed by atoms with Gasteiger partial charge in [-0.15, -0.1) is 0 Å². The van der Waals surface area contributed by atoms with Gasteiger partial charge in [-0.1, -0.05) is 18.2 Å². The fourth-order valence-electron chi connectivity index (χ4n) is 4.45. The molecule has 2 aliphatic heterocycles. The van der Waals surface area contributed by atoms with Crippen molar-refractivity contribution in [1.82, 2.24) is 24.8 Å². The Bertz CT molecular complexity index is 981. The zero-order valence-electron chi connectivity index (χ0n) is 16.4. The maximum atomic E-state index is 13.2. The SMILES string of the molecule is O=C([C@@H]1CCCN(c2ncnc3nc[nH]c23)C1)N1CCN(c2ccccc2)CC1. The highest BCUT2D eigenvalue weighted by atomic mass is 16.2. The van der Waals surface area contributed by atoms with Gasteiger partial charge in [-0.3, -0.25) is 4.79 Å². The standard InChI is InChI=1S/C21H25N7O/c29-21(27-11-9-26(10-12-27)17-6-2-1-3-7-17)16-5-4-8-28(13-16)20-18-19(23-14-22-18)24-15-25-20/h1-3,6-7,14-16H,4-5,8-13H2,(H,22,23,24,25)/t16-/m1/s1. The van der Waals surface area contributed by atoms with Crippen molar-refractivity contribution in [3.63, 3.8) is 0 Å². The first-order valence-corrected chi connectivity index (χ1v) is 10.3. The summed E-state index contributed by atoms with van der Waals surface area (Å²) in [5.74, 6) is 1.14. The van der Waals surface area contributed by atoms with Gasteiger partial charge in [0.2, 0.25) is 5.91 Å². The molecule has 1 N–H and O–H groups in total. The van der Waals surface area contributed by atoms with E-state index in [0.29, 0.717) is 12.2 Å². The Balaban J connectivity index is 1.24. The van der Waals surface area contributed by atoms with E-state index in [4.69, 9.17) is 0 Å². The number of para-hydroxylation sites is 1. The number of hydrogen-bond acceptors (Lipinski definition) is 6. The number of nitrogens with one attached hydrogen (secondary N) is 1. The molecule has 2 saturated heterocycles. The van der Waals surface area contributed by atoms with Crippen LogP contribution in [0, 0.1) is 5.92 Å². The van der Waals surface area contributed by atoms with Gasteiger partial charge < -0.3 is 19.7 Å². The third-order valence-corrected chi connectivity index (χ3v) is 5.99. The number of nitrogens with zero attached hydrogens (tertiary/aromatic N) is 6. The molecule has 0 aliphatic carbocycles. The third kappa shape index (κ3) is 3.50. The number of anilines is 2. The van der Waals surface area contributed by atoms with Crippen molar-refractivity contribution in [1.29, 1.82) is 0 Å². The molecule has 0 unspecified atom stereocenters. The fraction of sp³-hybridized carbons (Fsp3) is 0.429. The van der Waals surface area contributed by atoms with Gasteiger partial charge in [0.1, 0.15) is 11.8 Å². The van der Waals surface area contributed by atoms with Gasteiger partial charge in [-0.05, 0) is 25.0 Å². The van der Waals surface area contributed by atoms with Crippen LogP contribution in [-0.4, -0.2) is 70.0 Å². The third-order valence-electron chi connectivity index (χ3n) is 5.99. The smallest absolute Gasteiger partial charge is 0.227 e. The predicted molar refractivity (Wildman–Crippen MR) is 112 cm³/mol. The zero-order valence-corrected chi connectivity index (χ0v) is 16.4. The van der Waals surface area contributed by atoms with E-state index in [0.717, 1.165) is 56.9 Å². The van der Waals surface area contributed by atoms with E-state index < -0.39 is 0 Å². The maximum Gasteiger partial charge on any atom is 0.227 e. The number of piperazine rings is 1. The van der Waals surface area contributed by atoms with E-state index in [1.807, 2.05) is 11.0 Å². The molecule has 0 radical (unpaired) electrons. The van der Waals surface area contributed by atoms with Crippen LogP contribution in [0.3, 0.4) is 0 Å². The van der Waals surface area contributed by atoms with Gasteiger partial charge in [0.05, 0.1) is 12.2 Å². The molecule has 8 nitrogen and oxygen atoms in total. The molecule has 4 heterocycles. The van der Waals surface area contributed by atoms with E-state index in [1.54, 1.807) is 12.7 Å². The molecule has 1 atom stereocenters. The Morgan fingerprint density at radius 2 is 1.79 bits per heavy atom. The van der Waals surface area contributed by atoms with Gasteiger partial charge in [0, 0.05) is 45.0 Å². The fourth-order valence-corrected chi connectivity index (χ4v) is 4.45. The van der Waals surface area contributed by atoms with Crippen molar-refractivity contribution in [3.05, 3.63) is 43.0 Å². The van der Waals surface area contributed by atoms with Gasteiger partial charge in [-0.25, -0.2) is 15.0 Å². The molecule has 2 aliphatic rings. The van der Waals surface area contributed by atoms with Crippen LogP contribution in [0.4, 0.5) is 11.5 Å². The molecule has 1 aromatic carbocycles. The lowest BCUT2D eigenvalue weighted by molar-refractivity contribution is -0.136. The minimum Gasteiger partial charge on any atom is -0.368 e. The number of rotatable bonds is 3. The highest BCUT2D eigenvalue weighted by Gasteiger charge is 2.32. The number of aromatic nitrogens is 4. The molecular weight excluding hydrogens is 366 g/mol. The van der Waals surface area contributed by atoms with Crippen molar-refractivity contribution in [2.45, 2.75) is 12.8 Å². The van der Waals surface area contributed by atoms with Gasteiger partial charge in [-0.2, -0.15) is 0 Å². The first-order chi connectivity index (χ1) is 14.3. The van der Waals surface area contributed by atoms with Crippen LogP contribution < -0.4 is 9.80 Å². The number of aromatic amines is 1. The maximum absolute atomic E-state index is 13.2. The Hall–Kier alpha value is -3.16. The van der Waals surface area contributed by atoms with Crippen molar-refractivity contribution >= 4 is 28.6 Å². The lowest BCUT2D eigenvalue weighted by Gasteiger charge is -2.40. The summed E-state index contributed by atoms with van der Waals surface area (Å²) in [5, 5.41) is 0. The van der Waals surface area contributed by atoms with Gasteiger partial charge in [0.15, 0.2) is 11.5 Å². The largest absolute Gasteiger partial charge is 0.368 e. The lowest BCUT2D eigenvalue weighted by Crippen LogP contribution is -2.52. The second-order valence-corrected chi connectivity index (χ2v) is 7.73. The van der Waals surface area contributed by atoms with E-state index >= 15 is 0 Å². The molecule has 0 spiro atoms. The monoisotopic (exact) mass is 391 g/mol. The minimum absolute atomic E-state index is 0.0139. The average molecular weight is 391 g/mol. The van der Waals surface area contributed by atoms with Gasteiger partial charge in [0.25, 0.3) is 0 Å². The van der Waals surface area contributed by atoms with Crippen LogP contribution in [0.25, 0.3) is 11.2 Å². The first kappa shape index (κ1) is 17.9. The highest BCUT2D eigenvalue weighted by Crippen LogP contribution is 2.27. The summed E-state index contributed by atoms with van der Waals surface area (Å²) in [7, 11) is 0. The highest BCUT2D eigenvalue weighted by molar-refractivity contribution is 5.84. The molecule has 3 aromatic rings. The van der Waals surface area contributed by atoms with Crippen molar-refractivity contribution in [2.24, 2.45) is 5.92 Å². The van der Waals surface area contributed by atoms with E-state index in [2.05, 4.69) is 54.0 Å². The summed E-state index contributed by atoms with van der Waals surface area (Å²) in [6, 6.07) is 10.4. The van der Waals surface area contributed by atoms with Crippen LogP contribution >= 0.6 is 0 Å². The number of carbonyl (C=O) groups excluding carboxylic acids is 1. The summed E-state index contributed by atoms with van der Waals surface area (Å²) in [4.78, 5) is 35.8. The Morgan fingerprint density at radius 1 is 0.966 bits per heavy atom. The number of fused-ring (bicyclic) bond motifs is 1. The Labute approximate surface area is 169 Å². The van der Waals surface area contributed by atoms with E-state index in [9.17, 15) is 4.79 Å². The molecule has 0 bridgehead atoms. The number of carbonyl (C=O) groups is 1. The normalized spacial score (nSPS) is 20.3. The zero-order chi connectivity index (χ0) is 19.6. The van der Waals surface area contributed by atoms with Crippen molar-refractivity contribution in [2.75, 3.05) is 49.1 Å². The van der Waals surface area contributed by atoms with Crippen LogP contribution in [-0.2, 0) is 4.79 Å². The van der Waals surface area contributed by atoms with E-state index in [1.165, 1.54) is 5.69 Å². The summed E-state index contributed by atoms with van der Waals surface area (Å²) in [5.41, 5.74) is 2.74. The second-order valence-electron chi connectivity index (χ2n) is 7.73. The Kier molecular flexibility index (Phi) is 4.75. The predicted octanol–water partition coefficient (Wildman–Crippen LogP) is 1.92. The average Bonchev–Trinajstić information content (AvgIpc) is 3.28. The number of H-pyrrole nitrogens is 1. The van der Waals surface area contributed by atoms with Crippen LogP contribution in [0.2, 0.25) is 0 Å².